The zero-order chi connectivity index (χ0) is 19.1. The van der Waals surface area contributed by atoms with Crippen LogP contribution < -0.4 is 14.8 Å². The zero-order valence-corrected chi connectivity index (χ0v) is 16.0. The van der Waals surface area contributed by atoms with Crippen LogP contribution in [0.5, 0.6) is 11.5 Å². The maximum absolute atomic E-state index is 12.0. The smallest absolute Gasteiger partial charge is 0.250 e. The topological polar surface area (TPSA) is 73.3 Å². The van der Waals surface area contributed by atoms with Gasteiger partial charge in [-0.25, -0.2) is 0 Å². The van der Waals surface area contributed by atoms with Crippen LogP contribution in [0.1, 0.15) is 10.6 Å². The van der Waals surface area contributed by atoms with E-state index in [0.717, 1.165) is 11.3 Å². The third kappa shape index (κ3) is 5.80. The van der Waals surface area contributed by atoms with Gasteiger partial charge in [-0.1, -0.05) is 35.1 Å². The molecule has 3 rings (SSSR count). The number of hydrogen-bond acceptors (Lipinski definition) is 6. The molecule has 0 saturated heterocycles. The largest absolute Gasteiger partial charge is 0.497 e. The summed E-state index contributed by atoms with van der Waals surface area (Å²) in [5, 5.41) is 12.3. The van der Waals surface area contributed by atoms with Crippen LogP contribution in [-0.4, -0.2) is 23.2 Å². The molecule has 27 heavy (non-hydrogen) atoms. The van der Waals surface area contributed by atoms with Gasteiger partial charge in [-0.3, -0.25) is 10.1 Å². The molecule has 0 fully saturated rings. The van der Waals surface area contributed by atoms with E-state index in [0.29, 0.717) is 20.9 Å². The first-order valence-electron chi connectivity index (χ1n) is 7.96. The average Bonchev–Trinajstić information content (AvgIpc) is 3.13. The standard InChI is InChI=1S/C19H16ClN3O3S/c1-25-15-7-2-13(3-8-15)4-11-17(24)21-19-23-22-18(27-19)12-26-16-9-5-14(20)6-10-16/h2-11H,12H2,1H3,(H,21,23,24). The van der Waals surface area contributed by atoms with Crippen LogP contribution in [0, 0.1) is 0 Å². The van der Waals surface area contributed by atoms with Gasteiger partial charge in [-0.05, 0) is 48.0 Å². The molecule has 1 amide bonds. The van der Waals surface area contributed by atoms with Crippen LogP contribution in [0.15, 0.2) is 54.6 Å². The number of carbonyl (C=O) groups excluding carboxylic acids is 1. The summed E-state index contributed by atoms with van der Waals surface area (Å²) in [7, 11) is 1.61. The van der Waals surface area contributed by atoms with Crippen molar-refractivity contribution in [2.75, 3.05) is 12.4 Å². The molecule has 0 aliphatic carbocycles. The van der Waals surface area contributed by atoms with E-state index < -0.39 is 0 Å². The first-order valence-corrected chi connectivity index (χ1v) is 9.16. The molecule has 0 spiro atoms. The lowest BCUT2D eigenvalue weighted by molar-refractivity contribution is -0.111. The van der Waals surface area contributed by atoms with E-state index in [2.05, 4.69) is 15.5 Å². The number of benzene rings is 2. The molecule has 0 saturated carbocycles. The molecule has 1 N–H and O–H groups in total. The number of anilines is 1. The Morgan fingerprint density at radius 1 is 1.11 bits per heavy atom. The molecule has 1 heterocycles. The first-order chi connectivity index (χ1) is 13.1. The lowest BCUT2D eigenvalue weighted by atomic mass is 10.2. The Morgan fingerprint density at radius 2 is 1.81 bits per heavy atom. The fraction of sp³-hybridized carbons (Fsp3) is 0.105. The highest BCUT2D eigenvalue weighted by atomic mass is 35.5. The van der Waals surface area contributed by atoms with E-state index in [1.807, 2.05) is 24.3 Å². The molecule has 3 aromatic rings. The van der Waals surface area contributed by atoms with Gasteiger partial charge in [0.05, 0.1) is 7.11 Å². The quantitative estimate of drug-likeness (QED) is 0.593. The van der Waals surface area contributed by atoms with Gasteiger partial charge in [0.1, 0.15) is 18.1 Å². The number of nitrogens with one attached hydrogen (secondary N) is 1. The highest BCUT2D eigenvalue weighted by Crippen LogP contribution is 2.20. The number of hydrogen-bond donors (Lipinski definition) is 1. The highest BCUT2D eigenvalue weighted by Gasteiger charge is 2.07. The molecule has 0 bridgehead atoms. The maximum Gasteiger partial charge on any atom is 0.250 e. The number of nitrogens with zero attached hydrogens (tertiary/aromatic N) is 2. The third-order valence-corrected chi connectivity index (χ3v) is 4.48. The normalized spacial score (nSPS) is 10.7. The van der Waals surface area contributed by atoms with Crippen molar-refractivity contribution in [2.45, 2.75) is 6.61 Å². The van der Waals surface area contributed by atoms with Gasteiger partial charge in [-0.15, -0.1) is 10.2 Å². The minimum atomic E-state index is -0.285. The molecule has 1 aromatic heterocycles. The van der Waals surface area contributed by atoms with Gasteiger partial charge in [0.25, 0.3) is 0 Å². The van der Waals surface area contributed by atoms with Gasteiger partial charge < -0.3 is 9.47 Å². The van der Waals surface area contributed by atoms with E-state index in [9.17, 15) is 4.79 Å². The number of carbonyl (C=O) groups is 1. The highest BCUT2D eigenvalue weighted by molar-refractivity contribution is 7.15. The SMILES string of the molecule is COc1ccc(C=CC(=O)Nc2nnc(COc3ccc(Cl)cc3)s2)cc1. The van der Waals surface area contributed by atoms with Crippen LogP contribution in [0.25, 0.3) is 6.08 Å². The predicted molar refractivity (Wildman–Crippen MR) is 106 cm³/mol. The van der Waals surface area contributed by atoms with Crippen LogP contribution in [-0.2, 0) is 11.4 Å². The Hall–Kier alpha value is -2.90. The van der Waals surface area contributed by atoms with Gasteiger partial charge in [-0.2, -0.15) is 0 Å². The Kier molecular flexibility index (Phi) is 6.40. The second kappa shape index (κ2) is 9.16. The molecular formula is C19H16ClN3O3S. The van der Waals surface area contributed by atoms with E-state index in [-0.39, 0.29) is 12.5 Å². The molecule has 0 unspecified atom stereocenters. The van der Waals surface area contributed by atoms with Crippen molar-refractivity contribution in [3.05, 3.63) is 70.2 Å². The molecular weight excluding hydrogens is 386 g/mol. The summed E-state index contributed by atoms with van der Waals surface area (Å²) < 4.78 is 10.7. The predicted octanol–water partition coefficient (Wildman–Crippen LogP) is 4.43. The van der Waals surface area contributed by atoms with Crippen molar-refractivity contribution in [1.82, 2.24) is 10.2 Å². The summed E-state index contributed by atoms with van der Waals surface area (Å²) >= 11 is 7.09. The van der Waals surface area contributed by atoms with E-state index in [1.54, 1.807) is 37.5 Å². The van der Waals surface area contributed by atoms with Gasteiger partial charge in [0.2, 0.25) is 11.0 Å². The van der Waals surface area contributed by atoms with Crippen molar-refractivity contribution >= 4 is 40.1 Å². The van der Waals surface area contributed by atoms with Gasteiger partial charge >= 0.3 is 0 Å². The Labute approximate surface area is 165 Å². The lowest BCUT2D eigenvalue weighted by Gasteiger charge is -2.02. The van der Waals surface area contributed by atoms with E-state index in [1.165, 1.54) is 17.4 Å². The number of rotatable bonds is 7. The lowest BCUT2D eigenvalue weighted by Crippen LogP contribution is -2.07. The Bertz CT molecular complexity index is 924. The van der Waals surface area contributed by atoms with Crippen LogP contribution in [0.3, 0.4) is 0 Å². The average molecular weight is 402 g/mol. The molecule has 6 nitrogen and oxygen atoms in total. The Balaban J connectivity index is 1.51. The fourth-order valence-electron chi connectivity index (χ4n) is 2.07. The molecule has 0 aliphatic heterocycles. The summed E-state index contributed by atoms with van der Waals surface area (Å²) in [4.78, 5) is 12.0. The monoisotopic (exact) mass is 401 g/mol. The van der Waals surface area contributed by atoms with E-state index >= 15 is 0 Å². The summed E-state index contributed by atoms with van der Waals surface area (Å²) in [5.74, 6) is 1.16. The molecule has 138 valence electrons. The number of aromatic nitrogens is 2. The molecule has 0 radical (unpaired) electrons. The van der Waals surface area contributed by atoms with Crippen molar-refractivity contribution in [1.29, 1.82) is 0 Å². The maximum atomic E-state index is 12.0. The fourth-order valence-corrected chi connectivity index (χ4v) is 2.85. The zero-order valence-electron chi connectivity index (χ0n) is 14.4. The number of ether oxygens (including phenoxy) is 2. The van der Waals surface area contributed by atoms with Crippen LogP contribution >= 0.6 is 22.9 Å². The second-order valence-electron chi connectivity index (χ2n) is 5.34. The van der Waals surface area contributed by atoms with Crippen LogP contribution in [0.4, 0.5) is 5.13 Å². The number of methoxy groups -OCH3 is 1. The summed E-state index contributed by atoms with van der Waals surface area (Å²) in [6, 6.07) is 14.4. The van der Waals surface area contributed by atoms with Crippen LogP contribution in [0.2, 0.25) is 5.02 Å². The van der Waals surface area contributed by atoms with Gasteiger partial charge in [0, 0.05) is 11.1 Å². The molecule has 8 heteroatoms. The van der Waals surface area contributed by atoms with Crippen molar-refractivity contribution in [3.8, 4) is 11.5 Å². The number of amides is 1. The first kappa shape index (κ1) is 18.9. The molecule has 0 atom stereocenters. The van der Waals surface area contributed by atoms with Crippen molar-refractivity contribution in [3.63, 3.8) is 0 Å². The number of halogens is 1. The molecule has 2 aromatic carbocycles. The van der Waals surface area contributed by atoms with Crippen molar-refractivity contribution < 1.29 is 14.3 Å². The minimum absolute atomic E-state index is 0.261. The third-order valence-electron chi connectivity index (χ3n) is 3.42. The molecule has 0 aliphatic rings. The summed E-state index contributed by atoms with van der Waals surface area (Å²) in [5.41, 5.74) is 0.889. The second-order valence-corrected chi connectivity index (χ2v) is 6.84. The minimum Gasteiger partial charge on any atom is -0.497 e. The van der Waals surface area contributed by atoms with Gasteiger partial charge in [0.15, 0.2) is 5.01 Å². The summed E-state index contributed by atoms with van der Waals surface area (Å²) in [6.07, 6.45) is 3.15. The summed E-state index contributed by atoms with van der Waals surface area (Å²) in [6.45, 7) is 0.261. The van der Waals surface area contributed by atoms with Crippen molar-refractivity contribution in [2.24, 2.45) is 0 Å². The Morgan fingerprint density at radius 3 is 2.52 bits per heavy atom. The van der Waals surface area contributed by atoms with E-state index in [4.69, 9.17) is 21.1 Å².